The molecule has 1 saturated heterocycles. The molecule has 16 heteroatoms. The first-order valence-corrected chi connectivity index (χ1v) is 12.0. The zero-order chi connectivity index (χ0) is 23.2. The SMILES string of the molecule is NCC(O)CN1CCN(CO[P+](=O)O)CCN(CO[P+](=O)O)CCN(CC(=O)O)CC1. The largest absolute Gasteiger partial charge is 0.696 e. The Balaban J connectivity index is 2.90. The lowest BCUT2D eigenvalue weighted by molar-refractivity contribution is -0.138. The van der Waals surface area contributed by atoms with Crippen LogP contribution < -0.4 is 5.73 Å². The van der Waals surface area contributed by atoms with E-state index in [1.807, 2.05) is 4.90 Å². The van der Waals surface area contributed by atoms with Crippen molar-refractivity contribution in [3.8, 4) is 0 Å². The fourth-order valence-electron chi connectivity index (χ4n) is 3.00. The van der Waals surface area contributed by atoms with Gasteiger partial charge >= 0.3 is 22.5 Å². The van der Waals surface area contributed by atoms with Crippen molar-refractivity contribution in [1.82, 2.24) is 19.6 Å². The van der Waals surface area contributed by atoms with Crippen LogP contribution in [0.2, 0.25) is 0 Å². The zero-order valence-electron chi connectivity index (χ0n) is 17.4. The molecule has 1 aliphatic heterocycles. The average Bonchev–Trinajstić information content (AvgIpc) is 2.69. The van der Waals surface area contributed by atoms with Crippen molar-refractivity contribution in [2.45, 2.75) is 6.10 Å². The summed E-state index contributed by atoms with van der Waals surface area (Å²) >= 11 is 0. The molecule has 0 saturated carbocycles. The van der Waals surface area contributed by atoms with Crippen molar-refractivity contribution in [2.24, 2.45) is 5.73 Å². The Kier molecular flexibility index (Phi) is 14.6. The van der Waals surface area contributed by atoms with Crippen molar-refractivity contribution in [3.63, 3.8) is 0 Å². The fraction of sp³-hybridized carbons (Fsp3) is 0.933. The lowest BCUT2D eigenvalue weighted by Gasteiger charge is -2.33. The number of hydrogen-bond donors (Lipinski definition) is 5. The third kappa shape index (κ3) is 14.1. The Bertz CT molecular complexity index is 577. The van der Waals surface area contributed by atoms with E-state index in [-0.39, 0.29) is 26.6 Å². The Morgan fingerprint density at radius 3 is 1.58 bits per heavy atom. The van der Waals surface area contributed by atoms with Crippen LogP contribution in [0.5, 0.6) is 0 Å². The summed E-state index contributed by atoms with van der Waals surface area (Å²) in [5, 5.41) is 19.1. The Morgan fingerprint density at radius 2 is 1.23 bits per heavy atom. The van der Waals surface area contributed by atoms with Gasteiger partial charge in [0.2, 0.25) is 0 Å². The smallest absolute Gasteiger partial charge is 0.480 e. The molecule has 0 aromatic carbocycles. The van der Waals surface area contributed by atoms with E-state index in [1.54, 1.807) is 14.7 Å². The summed E-state index contributed by atoms with van der Waals surface area (Å²) in [5.41, 5.74) is 5.52. The molecule has 0 aliphatic carbocycles. The quantitative estimate of drug-likeness (QED) is 0.198. The van der Waals surface area contributed by atoms with Gasteiger partial charge in [0.1, 0.15) is 0 Å². The molecule has 14 nitrogen and oxygen atoms in total. The van der Waals surface area contributed by atoms with Crippen LogP contribution in [0.25, 0.3) is 0 Å². The van der Waals surface area contributed by atoms with Gasteiger partial charge in [-0.3, -0.25) is 24.4 Å². The molecule has 0 aromatic heterocycles. The maximum atomic E-state index is 11.2. The average molecular weight is 489 g/mol. The van der Waals surface area contributed by atoms with E-state index in [0.717, 1.165) is 0 Å². The van der Waals surface area contributed by atoms with E-state index < -0.39 is 28.6 Å². The summed E-state index contributed by atoms with van der Waals surface area (Å²) < 4.78 is 31.5. The third-order valence-corrected chi connectivity index (χ3v) is 5.40. The summed E-state index contributed by atoms with van der Waals surface area (Å²) in [6.07, 6.45) is -0.731. The molecule has 0 radical (unpaired) electrons. The molecule has 6 N–H and O–H groups in total. The molecule has 180 valence electrons. The second kappa shape index (κ2) is 16.0. The van der Waals surface area contributed by atoms with E-state index in [2.05, 4.69) is 0 Å². The molecule has 0 bridgehead atoms. The maximum absolute atomic E-state index is 11.2. The standard InChI is InChI=1S/C15H31N5O9P2/c16-9-14(21)10-17-1-2-18(11-15(22)23)4-6-20(13-29-31(26)27)8-7-19(5-3-17)12-28-30(24)25/h14,21H,1-13,16H2,(H-2,22,23,24,25,26,27)/p+2. The van der Waals surface area contributed by atoms with Crippen molar-refractivity contribution >= 4 is 22.5 Å². The lowest BCUT2D eigenvalue weighted by atomic mass is 10.3. The Hall–Kier alpha value is -0.730. The molecule has 31 heavy (non-hydrogen) atoms. The van der Waals surface area contributed by atoms with E-state index in [9.17, 15) is 24.1 Å². The molecular weight excluding hydrogens is 456 g/mol. The minimum absolute atomic E-state index is 0.0902. The van der Waals surface area contributed by atoms with Crippen molar-refractivity contribution in [3.05, 3.63) is 0 Å². The van der Waals surface area contributed by atoms with Gasteiger partial charge in [0.25, 0.3) is 0 Å². The highest BCUT2D eigenvalue weighted by molar-refractivity contribution is 7.32. The zero-order valence-corrected chi connectivity index (χ0v) is 19.1. The summed E-state index contributed by atoms with van der Waals surface area (Å²) in [7, 11) is -5.54. The summed E-state index contributed by atoms with van der Waals surface area (Å²) in [6, 6.07) is 0. The van der Waals surface area contributed by atoms with Crippen LogP contribution in [-0.2, 0) is 23.0 Å². The number of nitrogens with zero attached hydrogens (tertiary/aromatic N) is 4. The van der Waals surface area contributed by atoms with Crippen LogP contribution in [0.1, 0.15) is 0 Å². The molecule has 0 amide bonds. The van der Waals surface area contributed by atoms with Crippen LogP contribution in [0.15, 0.2) is 0 Å². The Morgan fingerprint density at radius 1 is 0.839 bits per heavy atom. The summed E-state index contributed by atoms with van der Waals surface area (Å²) in [6.45, 7) is 3.41. The topological polar surface area (TPSA) is 190 Å². The molecule has 1 fully saturated rings. The van der Waals surface area contributed by atoms with Crippen LogP contribution in [0.4, 0.5) is 0 Å². The van der Waals surface area contributed by atoms with E-state index in [4.69, 9.17) is 24.6 Å². The van der Waals surface area contributed by atoms with Gasteiger partial charge in [-0.05, 0) is 0 Å². The lowest BCUT2D eigenvalue weighted by Crippen LogP contribution is -2.49. The Labute approximate surface area is 183 Å². The maximum Gasteiger partial charge on any atom is 0.696 e. The van der Waals surface area contributed by atoms with Crippen LogP contribution in [-0.4, -0.2) is 137 Å². The number of carboxylic acids is 1. The number of aliphatic carboxylic acids is 1. The number of carboxylic acid groups (broad SMARTS) is 1. The third-order valence-electron chi connectivity index (χ3n) is 4.73. The molecule has 0 aromatic rings. The summed E-state index contributed by atoms with van der Waals surface area (Å²) in [5.74, 6) is -0.969. The fourth-order valence-corrected chi connectivity index (χ4v) is 3.53. The predicted octanol–water partition coefficient (Wildman–Crippen LogP) is -2.14. The monoisotopic (exact) mass is 489 g/mol. The highest BCUT2D eigenvalue weighted by Crippen LogP contribution is 2.16. The van der Waals surface area contributed by atoms with Crippen molar-refractivity contribution in [1.29, 1.82) is 0 Å². The van der Waals surface area contributed by atoms with Gasteiger partial charge in [0.15, 0.2) is 13.5 Å². The first-order valence-electron chi connectivity index (χ1n) is 9.77. The molecule has 1 heterocycles. The van der Waals surface area contributed by atoms with Crippen molar-refractivity contribution in [2.75, 3.05) is 85.5 Å². The van der Waals surface area contributed by atoms with Gasteiger partial charge < -0.3 is 15.9 Å². The van der Waals surface area contributed by atoms with Gasteiger partial charge in [-0.25, -0.2) is 0 Å². The molecule has 1 rings (SSSR count). The molecule has 3 atom stereocenters. The molecule has 3 unspecified atom stereocenters. The number of aliphatic hydroxyl groups is 1. The van der Waals surface area contributed by atoms with E-state index in [1.165, 1.54) is 0 Å². The van der Waals surface area contributed by atoms with Gasteiger partial charge in [0, 0.05) is 74.6 Å². The van der Waals surface area contributed by atoms with Gasteiger partial charge in [-0.1, -0.05) is 0 Å². The minimum Gasteiger partial charge on any atom is -0.480 e. The highest BCUT2D eigenvalue weighted by Gasteiger charge is 2.23. The number of nitrogens with two attached hydrogens (primary N) is 1. The van der Waals surface area contributed by atoms with Gasteiger partial charge in [0.05, 0.1) is 12.6 Å². The summed E-state index contributed by atoms with van der Waals surface area (Å²) in [4.78, 5) is 36.4. The molecule has 1 aliphatic rings. The second-order valence-electron chi connectivity index (χ2n) is 7.09. The number of hydrogen-bond acceptors (Lipinski definition) is 11. The first-order chi connectivity index (χ1) is 14.7. The van der Waals surface area contributed by atoms with Gasteiger partial charge in [-0.15, -0.1) is 18.8 Å². The van der Waals surface area contributed by atoms with E-state index in [0.29, 0.717) is 58.9 Å². The van der Waals surface area contributed by atoms with E-state index >= 15 is 0 Å². The molecule has 0 spiro atoms. The van der Waals surface area contributed by atoms with Crippen molar-refractivity contribution < 1.29 is 43.0 Å². The molecular formula is C15H33N5O9P2+2. The first kappa shape index (κ1) is 28.3. The number of rotatable bonds is 11. The number of carbonyl (C=O) groups is 1. The number of β-amino-alcohol motifs (C(OH)–C–C–N with tert-alkyl or cyclic N) is 1. The predicted molar refractivity (Wildman–Crippen MR) is 110 cm³/mol. The van der Waals surface area contributed by atoms with Gasteiger partial charge in [-0.2, -0.15) is 0 Å². The second-order valence-corrected chi connectivity index (χ2v) is 8.56. The van der Waals surface area contributed by atoms with Crippen LogP contribution in [0, 0.1) is 0 Å². The normalized spacial score (nSPS) is 21.2. The van der Waals surface area contributed by atoms with Crippen LogP contribution >= 0.6 is 16.5 Å². The number of aliphatic hydroxyl groups excluding tert-OH is 1. The highest BCUT2D eigenvalue weighted by atomic mass is 31.1. The van der Waals surface area contributed by atoms with Crippen LogP contribution in [0.3, 0.4) is 0 Å². The minimum atomic E-state index is -2.78.